The molecule has 0 bridgehead atoms. The molecule has 0 aliphatic heterocycles. The van der Waals surface area contributed by atoms with E-state index in [-0.39, 0.29) is 23.3 Å². The summed E-state index contributed by atoms with van der Waals surface area (Å²) in [6, 6.07) is 14.1. The first kappa shape index (κ1) is 17.0. The van der Waals surface area contributed by atoms with Crippen LogP contribution in [0.4, 0.5) is 13.2 Å². The van der Waals surface area contributed by atoms with Crippen LogP contribution in [0, 0.1) is 0 Å². The van der Waals surface area contributed by atoms with E-state index >= 15 is 0 Å². The molecule has 27 heavy (non-hydrogen) atoms. The zero-order chi connectivity index (χ0) is 19.0. The highest BCUT2D eigenvalue weighted by atomic mass is 19.4. The number of hydrogen-bond donors (Lipinski definition) is 1. The number of aromatic nitrogens is 5. The number of halogens is 3. The summed E-state index contributed by atoms with van der Waals surface area (Å²) in [5.41, 5.74) is -0.496. The van der Waals surface area contributed by atoms with Crippen molar-refractivity contribution in [3.8, 4) is 11.4 Å². The van der Waals surface area contributed by atoms with E-state index in [2.05, 4.69) is 20.3 Å². The Morgan fingerprint density at radius 3 is 2.44 bits per heavy atom. The highest BCUT2D eigenvalue weighted by Crippen LogP contribution is 2.32. The molecule has 0 fully saturated rings. The highest BCUT2D eigenvalue weighted by molar-refractivity contribution is 5.71. The van der Waals surface area contributed by atoms with Crippen LogP contribution in [0.25, 0.3) is 22.6 Å². The Bertz CT molecular complexity index is 1170. The largest absolute Gasteiger partial charge is 0.416 e. The van der Waals surface area contributed by atoms with Gasteiger partial charge in [0.25, 0.3) is 5.56 Å². The second-order valence-electron chi connectivity index (χ2n) is 5.85. The molecule has 0 radical (unpaired) electrons. The fourth-order valence-corrected chi connectivity index (χ4v) is 2.80. The maximum Gasteiger partial charge on any atom is 0.416 e. The topological polar surface area (TPSA) is 76.5 Å². The maximum atomic E-state index is 13.2. The van der Waals surface area contributed by atoms with Gasteiger partial charge in [-0.25, -0.2) is 9.67 Å². The number of hydrogen-bond acceptors (Lipinski definition) is 4. The molecule has 0 spiro atoms. The Balaban J connectivity index is 1.83. The van der Waals surface area contributed by atoms with Crippen LogP contribution in [0.15, 0.2) is 59.4 Å². The fourth-order valence-electron chi connectivity index (χ4n) is 2.80. The molecule has 6 nitrogen and oxygen atoms in total. The van der Waals surface area contributed by atoms with Gasteiger partial charge in [-0.1, -0.05) is 53.7 Å². The number of nitrogens with zero attached hydrogens (tertiary/aromatic N) is 4. The van der Waals surface area contributed by atoms with Gasteiger partial charge in [0.05, 0.1) is 12.1 Å². The molecule has 0 unspecified atom stereocenters. The Morgan fingerprint density at radius 2 is 1.70 bits per heavy atom. The molecule has 2 aromatic carbocycles. The molecular weight excluding hydrogens is 359 g/mol. The minimum absolute atomic E-state index is 0.0140. The lowest BCUT2D eigenvalue weighted by atomic mass is 10.1. The Labute approximate surface area is 150 Å². The van der Waals surface area contributed by atoms with E-state index in [4.69, 9.17) is 0 Å². The van der Waals surface area contributed by atoms with Crippen molar-refractivity contribution in [1.82, 2.24) is 25.0 Å². The molecule has 2 aromatic heterocycles. The van der Waals surface area contributed by atoms with Crippen LogP contribution in [-0.2, 0) is 12.7 Å². The predicted octanol–water partition coefficient (Wildman–Crippen LogP) is 3.25. The van der Waals surface area contributed by atoms with Crippen molar-refractivity contribution in [3.05, 3.63) is 76.1 Å². The number of nitrogens with one attached hydrogen (secondary N) is 1. The first-order valence-electron chi connectivity index (χ1n) is 7.97. The summed E-state index contributed by atoms with van der Waals surface area (Å²) < 4.78 is 40.9. The number of aromatic amines is 1. The van der Waals surface area contributed by atoms with Crippen LogP contribution < -0.4 is 5.56 Å². The van der Waals surface area contributed by atoms with Crippen LogP contribution in [0.5, 0.6) is 0 Å². The second-order valence-corrected chi connectivity index (χ2v) is 5.85. The van der Waals surface area contributed by atoms with Gasteiger partial charge < -0.3 is 4.98 Å². The molecule has 0 atom stereocenters. The molecule has 0 saturated carbocycles. The number of rotatable bonds is 3. The molecule has 0 amide bonds. The summed E-state index contributed by atoms with van der Waals surface area (Å²) in [6.45, 7) is -0.211. The molecular formula is C18H12F3N5O. The quantitative estimate of drug-likeness (QED) is 0.600. The Hall–Kier alpha value is -3.49. The lowest BCUT2D eigenvalue weighted by Gasteiger charge is -2.12. The molecule has 0 aliphatic rings. The van der Waals surface area contributed by atoms with Gasteiger partial charge in [-0.3, -0.25) is 4.79 Å². The molecule has 2 heterocycles. The van der Waals surface area contributed by atoms with Gasteiger partial charge in [0.2, 0.25) is 0 Å². The van der Waals surface area contributed by atoms with E-state index in [0.29, 0.717) is 11.4 Å². The number of alkyl halides is 3. The van der Waals surface area contributed by atoms with Crippen molar-refractivity contribution in [3.63, 3.8) is 0 Å². The number of fused-ring (bicyclic) bond motifs is 1. The van der Waals surface area contributed by atoms with E-state index in [1.807, 2.05) is 6.07 Å². The molecule has 9 heteroatoms. The van der Waals surface area contributed by atoms with Crippen LogP contribution in [-0.4, -0.2) is 25.0 Å². The lowest BCUT2D eigenvalue weighted by Crippen LogP contribution is -2.14. The van der Waals surface area contributed by atoms with Crippen molar-refractivity contribution in [2.75, 3.05) is 0 Å². The zero-order valence-electron chi connectivity index (χ0n) is 13.7. The van der Waals surface area contributed by atoms with E-state index < -0.39 is 17.3 Å². The van der Waals surface area contributed by atoms with E-state index in [1.165, 1.54) is 22.9 Å². The average molecular weight is 371 g/mol. The van der Waals surface area contributed by atoms with Gasteiger partial charge in [-0.05, 0) is 11.6 Å². The van der Waals surface area contributed by atoms with Crippen molar-refractivity contribution >= 4 is 11.2 Å². The summed E-state index contributed by atoms with van der Waals surface area (Å²) in [6.07, 6.45) is -4.49. The molecule has 136 valence electrons. The van der Waals surface area contributed by atoms with Crippen LogP contribution in [0.2, 0.25) is 0 Å². The minimum atomic E-state index is -4.49. The second kappa shape index (κ2) is 6.35. The van der Waals surface area contributed by atoms with Crippen LogP contribution >= 0.6 is 0 Å². The van der Waals surface area contributed by atoms with Gasteiger partial charge in [0, 0.05) is 5.56 Å². The summed E-state index contributed by atoms with van der Waals surface area (Å²) in [5, 5.41) is 7.59. The molecule has 4 aromatic rings. The standard InChI is InChI=1S/C18H12F3N5O/c19-18(20,21)13-9-5-4-8-12(13)10-26-16-14(24-25-26)17(27)23-15(22-16)11-6-2-1-3-7-11/h1-9H,10H2,(H,22,23,27). The third kappa shape index (κ3) is 3.19. The van der Waals surface area contributed by atoms with Crippen molar-refractivity contribution in [2.24, 2.45) is 0 Å². The summed E-state index contributed by atoms with van der Waals surface area (Å²) in [7, 11) is 0. The summed E-state index contributed by atoms with van der Waals surface area (Å²) >= 11 is 0. The van der Waals surface area contributed by atoms with Crippen molar-refractivity contribution in [1.29, 1.82) is 0 Å². The van der Waals surface area contributed by atoms with Gasteiger partial charge >= 0.3 is 6.18 Å². The molecule has 4 rings (SSSR count). The van der Waals surface area contributed by atoms with Gasteiger partial charge in [-0.15, -0.1) is 5.10 Å². The molecule has 1 N–H and O–H groups in total. The van der Waals surface area contributed by atoms with Gasteiger partial charge in [0.15, 0.2) is 11.2 Å². The van der Waals surface area contributed by atoms with E-state index in [1.54, 1.807) is 24.3 Å². The SMILES string of the molecule is O=c1[nH]c(-c2ccccc2)nc2c1nnn2Cc1ccccc1C(F)(F)F. The third-order valence-corrected chi connectivity index (χ3v) is 4.06. The van der Waals surface area contributed by atoms with E-state index in [0.717, 1.165) is 6.07 Å². The summed E-state index contributed by atoms with van der Waals surface area (Å²) in [4.78, 5) is 19.2. The van der Waals surface area contributed by atoms with Gasteiger partial charge in [-0.2, -0.15) is 13.2 Å². The number of benzene rings is 2. The normalized spacial score (nSPS) is 11.8. The lowest BCUT2D eigenvalue weighted by molar-refractivity contribution is -0.138. The Morgan fingerprint density at radius 1 is 1.00 bits per heavy atom. The molecule has 0 aliphatic carbocycles. The summed E-state index contributed by atoms with van der Waals surface area (Å²) in [5.74, 6) is 0.292. The monoisotopic (exact) mass is 371 g/mol. The van der Waals surface area contributed by atoms with Crippen LogP contribution in [0.3, 0.4) is 0 Å². The van der Waals surface area contributed by atoms with Gasteiger partial charge in [0.1, 0.15) is 5.82 Å². The first-order chi connectivity index (χ1) is 12.9. The smallest absolute Gasteiger partial charge is 0.304 e. The minimum Gasteiger partial charge on any atom is -0.304 e. The van der Waals surface area contributed by atoms with E-state index in [9.17, 15) is 18.0 Å². The van der Waals surface area contributed by atoms with Crippen molar-refractivity contribution < 1.29 is 13.2 Å². The molecule has 0 saturated heterocycles. The van der Waals surface area contributed by atoms with Crippen LogP contribution in [0.1, 0.15) is 11.1 Å². The third-order valence-electron chi connectivity index (χ3n) is 4.06. The highest BCUT2D eigenvalue weighted by Gasteiger charge is 2.33. The average Bonchev–Trinajstić information content (AvgIpc) is 3.05. The predicted molar refractivity (Wildman–Crippen MR) is 91.9 cm³/mol. The first-order valence-corrected chi connectivity index (χ1v) is 7.97. The zero-order valence-corrected chi connectivity index (χ0v) is 13.7. The maximum absolute atomic E-state index is 13.2. The Kier molecular flexibility index (Phi) is 3.98. The fraction of sp³-hybridized carbons (Fsp3) is 0.111. The number of H-pyrrole nitrogens is 1. The van der Waals surface area contributed by atoms with Crippen molar-refractivity contribution in [2.45, 2.75) is 12.7 Å².